The van der Waals surface area contributed by atoms with E-state index < -0.39 is 0 Å². The van der Waals surface area contributed by atoms with E-state index in [0.717, 1.165) is 31.6 Å². The summed E-state index contributed by atoms with van der Waals surface area (Å²) in [7, 11) is 0. The lowest BCUT2D eigenvalue weighted by Gasteiger charge is -2.29. The van der Waals surface area contributed by atoms with Gasteiger partial charge < -0.3 is 5.73 Å². The van der Waals surface area contributed by atoms with Crippen LogP contribution in [0.25, 0.3) is 0 Å². The van der Waals surface area contributed by atoms with Crippen molar-refractivity contribution in [3.63, 3.8) is 0 Å². The van der Waals surface area contributed by atoms with E-state index in [2.05, 4.69) is 49.5 Å². The molecule has 116 valence electrons. The van der Waals surface area contributed by atoms with E-state index >= 15 is 0 Å². The van der Waals surface area contributed by atoms with Crippen LogP contribution in [0.4, 0.5) is 0 Å². The fourth-order valence-corrected chi connectivity index (χ4v) is 2.90. The zero-order chi connectivity index (χ0) is 15.0. The van der Waals surface area contributed by atoms with Gasteiger partial charge in [-0.05, 0) is 31.7 Å². The Hall–Kier alpha value is -0.870. The molecule has 4 nitrogen and oxygen atoms in total. The summed E-state index contributed by atoms with van der Waals surface area (Å²) in [6.07, 6.45) is 6.74. The van der Waals surface area contributed by atoms with Gasteiger partial charge in [0.05, 0.1) is 11.7 Å². The summed E-state index contributed by atoms with van der Waals surface area (Å²) < 4.78 is 2.13. The number of rotatable bonds is 10. The Morgan fingerprint density at radius 2 is 1.80 bits per heavy atom. The Kier molecular flexibility index (Phi) is 7.85. The Morgan fingerprint density at radius 3 is 2.30 bits per heavy atom. The van der Waals surface area contributed by atoms with Crippen molar-refractivity contribution in [2.75, 3.05) is 13.1 Å². The highest BCUT2D eigenvalue weighted by atomic mass is 15.3. The molecule has 0 radical (unpaired) electrons. The summed E-state index contributed by atoms with van der Waals surface area (Å²) in [6.45, 7) is 11.5. The summed E-state index contributed by atoms with van der Waals surface area (Å²) >= 11 is 0. The van der Waals surface area contributed by atoms with Gasteiger partial charge in [-0.3, -0.25) is 9.58 Å². The van der Waals surface area contributed by atoms with Gasteiger partial charge in [-0.25, -0.2) is 0 Å². The van der Waals surface area contributed by atoms with Crippen LogP contribution in [0.5, 0.6) is 0 Å². The van der Waals surface area contributed by atoms with Crippen molar-refractivity contribution in [2.45, 2.75) is 72.0 Å². The van der Waals surface area contributed by atoms with Crippen molar-refractivity contribution in [3.8, 4) is 0 Å². The number of nitrogens with two attached hydrogens (primary N) is 1. The molecule has 0 amide bonds. The zero-order valence-electron chi connectivity index (χ0n) is 13.7. The van der Waals surface area contributed by atoms with Crippen LogP contribution in [0.2, 0.25) is 0 Å². The van der Waals surface area contributed by atoms with Gasteiger partial charge in [0.1, 0.15) is 0 Å². The molecule has 0 aliphatic rings. The lowest BCUT2D eigenvalue weighted by atomic mass is 10.1. The Morgan fingerprint density at radius 1 is 1.15 bits per heavy atom. The molecule has 0 spiro atoms. The van der Waals surface area contributed by atoms with Crippen molar-refractivity contribution in [1.29, 1.82) is 0 Å². The SMILES string of the molecule is CCC(CC)N(CCN)Cc1ccn(C(CC)CC)n1. The first-order valence-corrected chi connectivity index (χ1v) is 8.18. The molecule has 0 aromatic carbocycles. The zero-order valence-corrected chi connectivity index (χ0v) is 13.7. The van der Waals surface area contributed by atoms with Gasteiger partial charge in [-0.1, -0.05) is 27.7 Å². The summed E-state index contributed by atoms with van der Waals surface area (Å²) in [5.74, 6) is 0. The van der Waals surface area contributed by atoms with E-state index in [-0.39, 0.29) is 0 Å². The van der Waals surface area contributed by atoms with Crippen LogP contribution in [-0.4, -0.2) is 33.8 Å². The van der Waals surface area contributed by atoms with Gasteiger partial charge in [-0.2, -0.15) is 5.10 Å². The summed E-state index contributed by atoms with van der Waals surface area (Å²) in [5.41, 5.74) is 6.92. The van der Waals surface area contributed by atoms with Gasteiger partial charge in [0.2, 0.25) is 0 Å². The fourth-order valence-electron chi connectivity index (χ4n) is 2.90. The Balaban J connectivity index is 2.73. The number of hydrogen-bond acceptors (Lipinski definition) is 3. The average Bonchev–Trinajstić information content (AvgIpc) is 2.90. The lowest BCUT2D eigenvalue weighted by Crippen LogP contribution is -2.37. The smallest absolute Gasteiger partial charge is 0.0765 e. The largest absolute Gasteiger partial charge is 0.329 e. The molecule has 0 saturated heterocycles. The first-order chi connectivity index (χ1) is 9.69. The lowest BCUT2D eigenvalue weighted by molar-refractivity contribution is 0.179. The number of aromatic nitrogens is 2. The molecule has 20 heavy (non-hydrogen) atoms. The number of hydrogen-bond donors (Lipinski definition) is 1. The molecule has 4 heteroatoms. The van der Waals surface area contributed by atoms with E-state index in [1.165, 1.54) is 12.8 Å². The van der Waals surface area contributed by atoms with Crippen LogP contribution >= 0.6 is 0 Å². The predicted molar refractivity (Wildman–Crippen MR) is 85.7 cm³/mol. The molecular weight excluding hydrogens is 248 g/mol. The van der Waals surface area contributed by atoms with Crippen LogP contribution in [0, 0.1) is 0 Å². The van der Waals surface area contributed by atoms with Gasteiger partial charge in [-0.15, -0.1) is 0 Å². The number of nitrogens with zero attached hydrogens (tertiary/aromatic N) is 3. The maximum absolute atomic E-state index is 5.76. The average molecular weight is 280 g/mol. The molecule has 0 unspecified atom stereocenters. The standard InChI is InChI=1S/C16H32N4/c1-5-15(6-2)19(12-10-17)13-14-9-11-20(18-14)16(7-3)8-4/h9,11,15-16H,5-8,10,12-13,17H2,1-4H3. The second-order valence-corrected chi connectivity index (χ2v) is 5.49. The monoisotopic (exact) mass is 280 g/mol. The minimum Gasteiger partial charge on any atom is -0.329 e. The van der Waals surface area contributed by atoms with Crippen LogP contribution in [0.1, 0.15) is 65.1 Å². The maximum Gasteiger partial charge on any atom is 0.0765 e. The molecule has 0 aliphatic carbocycles. The molecule has 1 rings (SSSR count). The molecule has 1 aromatic rings. The second-order valence-electron chi connectivity index (χ2n) is 5.49. The maximum atomic E-state index is 5.76. The van der Waals surface area contributed by atoms with Crippen LogP contribution in [0.3, 0.4) is 0 Å². The summed E-state index contributed by atoms with van der Waals surface area (Å²) in [6, 6.07) is 3.29. The van der Waals surface area contributed by atoms with E-state index in [1.54, 1.807) is 0 Å². The van der Waals surface area contributed by atoms with Crippen LogP contribution < -0.4 is 5.73 Å². The molecule has 0 fully saturated rings. The molecule has 1 heterocycles. The van der Waals surface area contributed by atoms with Gasteiger partial charge in [0.25, 0.3) is 0 Å². The van der Waals surface area contributed by atoms with Gasteiger partial charge >= 0.3 is 0 Å². The van der Waals surface area contributed by atoms with Crippen molar-refractivity contribution in [1.82, 2.24) is 14.7 Å². The van der Waals surface area contributed by atoms with Crippen molar-refractivity contribution < 1.29 is 0 Å². The Labute approximate surface area is 124 Å². The van der Waals surface area contributed by atoms with E-state index in [1.807, 2.05) is 0 Å². The van der Waals surface area contributed by atoms with Crippen molar-refractivity contribution in [2.24, 2.45) is 5.73 Å². The Bertz CT molecular complexity index is 353. The summed E-state index contributed by atoms with van der Waals surface area (Å²) in [5, 5.41) is 4.76. The second kappa shape index (κ2) is 9.14. The quantitative estimate of drug-likeness (QED) is 0.716. The highest BCUT2D eigenvalue weighted by Crippen LogP contribution is 2.16. The third kappa shape index (κ3) is 4.60. The topological polar surface area (TPSA) is 47.1 Å². The molecule has 1 aromatic heterocycles. The highest BCUT2D eigenvalue weighted by molar-refractivity contribution is 5.00. The minimum atomic E-state index is 0.528. The molecule has 0 atom stereocenters. The van der Waals surface area contributed by atoms with Crippen LogP contribution in [0.15, 0.2) is 12.3 Å². The molecule has 0 aliphatic heterocycles. The fraction of sp³-hybridized carbons (Fsp3) is 0.812. The normalized spacial score (nSPS) is 12.0. The van der Waals surface area contributed by atoms with Crippen molar-refractivity contribution >= 4 is 0 Å². The molecule has 2 N–H and O–H groups in total. The first-order valence-electron chi connectivity index (χ1n) is 8.18. The molecule has 0 bridgehead atoms. The van der Waals surface area contributed by atoms with E-state index in [9.17, 15) is 0 Å². The third-order valence-corrected chi connectivity index (χ3v) is 4.22. The highest BCUT2D eigenvalue weighted by Gasteiger charge is 2.16. The minimum absolute atomic E-state index is 0.528. The van der Waals surface area contributed by atoms with E-state index in [0.29, 0.717) is 18.6 Å². The van der Waals surface area contributed by atoms with Gasteiger partial charge in [0.15, 0.2) is 0 Å². The van der Waals surface area contributed by atoms with Gasteiger partial charge in [0, 0.05) is 31.9 Å². The molecular formula is C16H32N4. The van der Waals surface area contributed by atoms with Crippen LogP contribution in [-0.2, 0) is 6.54 Å². The van der Waals surface area contributed by atoms with Crippen molar-refractivity contribution in [3.05, 3.63) is 18.0 Å². The summed E-state index contributed by atoms with van der Waals surface area (Å²) in [4.78, 5) is 2.47. The molecule has 0 saturated carbocycles. The first kappa shape index (κ1) is 17.2. The van der Waals surface area contributed by atoms with E-state index in [4.69, 9.17) is 10.8 Å². The third-order valence-electron chi connectivity index (χ3n) is 4.22. The predicted octanol–water partition coefficient (Wildman–Crippen LogP) is 3.19.